The molecule has 1 heterocycles. The van der Waals surface area contributed by atoms with Crippen LogP contribution in [0.5, 0.6) is 11.5 Å². The van der Waals surface area contributed by atoms with E-state index in [9.17, 15) is 0 Å². The lowest BCUT2D eigenvalue weighted by Gasteiger charge is -2.17. The van der Waals surface area contributed by atoms with Crippen LogP contribution in [0, 0.1) is 5.92 Å². The first kappa shape index (κ1) is 22.7. The molecule has 0 bridgehead atoms. The van der Waals surface area contributed by atoms with E-state index in [0.29, 0.717) is 35.0 Å². The number of rotatable bonds is 12. The summed E-state index contributed by atoms with van der Waals surface area (Å²) in [5, 5.41) is 0.515. The van der Waals surface area contributed by atoms with Gasteiger partial charge in [0.25, 0.3) is 0 Å². The Morgan fingerprint density at radius 3 is 2.43 bits per heavy atom. The molecule has 0 saturated carbocycles. The Morgan fingerprint density at radius 2 is 1.79 bits per heavy atom. The molecule has 156 valence electrons. The highest BCUT2D eigenvalue weighted by atomic mass is 35.5. The maximum absolute atomic E-state index is 6.50. The summed E-state index contributed by atoms with van der Waals surface area (Å²) >= 11 is 6.50. The summed E-state index contributed by atoms with van der Waals surface area (Å²) in [6.45, 7) is 9.50. The minimum atomic E-state index is 0.415. The fourth-order valence-corrected chi connectivity index (χ4v) is 3.66. The molecular formula is C24H35ClO3. The molecule has 0 saturated heterocycles. The molecule has 0 spiro atoms. The lowest BCUT2D eigenvalue weighted by Crippen LogP contribution is -2.11. The van der Waals surface area contributed by atoms with E-state index in [1.165, 1.54) is 12.8 Å². The van der Waals surface area contributed by atoms with Crippen molar-refractivity contribution in [3.8, 4) is 22.8 Å². The van der Waals surface area contributed by atoms with Crippen LogP contribution in [0.3, 0.4) is 0 Å². The second-order valence-corrected chi connectivity index (χ2v) is 7.99. The molecule has 0 amide bonds. The topological polar surface area (TPSA) is 31.6 Å². The zero-order chi connectivity index (χ0) is 20.5. The predicted octanol–water partition coefficient (Wildman–Crippen LogP) is 8.11. The summed E-state index contributed by atoms with van der Waals surface area (Å²) in [7, 11) is 1.63. The van der Waals surface area contributed by atoms with Crippen LogP contribution in [0.2, 0.25) is 5.02 Å². The SMILES string of the molecule is CCCCC(C)c1ccc(-c2cc(OC)c(Cl)c(OCC(CC)CCC)c2)o1. The predicted molar refractivity (Wildman–Crippen MR) is 118 cm³/mol. The Morgan fingerprint density at radius 1 is 1.04 bits per heavy atom. The third-order valence-corrected chi connectivity index (χ3v) is 5.73. The number of ether oxygens (including phenoxy) is 2. The number of unbranched alkanes of at least 4 members (excludes halogenated alkanes) is 1. The summed E-state index contributed by atoms with van der Waals surface area (Å²) in [6.07, 6.45) is 6.95. The molecule has 0 radical (unpaired) electrons. The van der Waals surface area contributed by atoms with Crippen LogP contribution in [0.1, 0.15) is 77.9 Å². The maximum Gasteiger partial charge on any atom is 0.142 e. The third-order valence-electron chi connectivity index (χ3n) is 5.36. The first-order chi connectivity index (χ1) is 13.5. The van der Waals surface area contributed by atoms with Gasteiger partial charge in [-0.3, -0.25) is 0 Å². The zero-order valence-electron chi connectivity index (χ0n) is 18.0. The molecule has 0 aliphatic carbocycles. The Kier molecular flexibility index (Phi) is 9.24. The summed E-state index contributed by atoms with van der Waals surface area (Å²) in [5.41, 5.74) is 0.925. The van der Waals surface area contributed by atoms with Crippen molar-refractivity contribution in [3.63, 3.8) is 0 Å². The van der Waals surface area contributed by atoms with Crippen LogP contribution in [0.15, 0.2) is 28.7 Å². The van der Waals surface area contributed by atoms with Crippen LogP contribution >= 0.6 is 11.6 Å². The zero-order valence-corrected chi connectivity index (χ0v) is 18.8. The first-order valence-electron chi connectivity index (χ1n) is 10.6. The van der Waals surface area contributed by atoms with Gasteiger partial charge in [0.1, 0.15) is 28.0 Å². The number of halogens is 1. The standard InChI is InChI=1S/C24H35ClO3/c1-6-9-11-17(4)20-12-13-21(28-20)19-14-22(26-5)24(25)23(15-19)27-16-18(8-3)10-7-2/h12-15,17-18H,6-11,16H2,1-5H3. The van der Waals surface area contributed by atoms with Gasteiger partial charge in [0, 0.05) is 11.5 Å². The molecule has 28 heavy (non-hydrogen) atoms. The van der Waals surface area contributed by atoms with E-state index in [1.807, 2.05) is 18.2 Å². The summed E-state index contributed by atoms with van der Waals surface area (Å²) < 4.78 is 17.7. The van der Waals surface area contributed by atoms with Crippen molar-refractivity contribution < 1.29 is 13.9 Å². The van der Waals surface area contributed by atoms with Crippen molar-refractivity contribution in [3.05, 3.63) is 35.0 Å². The molecule has 2 atom stereocenters. The van der Waals surface area contributed by atoms with Gasteiger partial charge in [-0.2, -0.15) is 0 Å². The first-order valence-corrected chi connectivity index (χ1v) is 11.0. The van der Waals surface area contributed by atoms with Crippen LogP contribution in [-0.4, -0.2) is 13.7 Å². The van der Waals surface area contributed by atoms with E-state index >= 15 is 0 Å². The average Bonchev–Trinajstić information content (AvgIpc) is 3.20. The lowest BCUT2D eigenvalue weighted by atomic mass is 10.0. The minimum absolute atomic E-state index is 0.415. The van der Waals surface area contributed by atoms with Crippen molar-refractivity contribution in [2.45, 2.75) is 72.1 Å². The molecule has 2 unspecified atom stereocenters. The van der Waals surface area contributed by atoms with E-state index in [-0.39, 0.29) is 0 Å². The van der Waals surface area contributed by atoms with Crippen LogP contribution in [-0.2, 0) is 0 Å². The van der Waals surface area contributed by atoms with Gasteiger partial charge in [-0.25, -0.2) is 0 Å². The molecular weight excluding hydrogens is 372 g/mol. The van der Waals surface area contributed by atoms with Gasteiger partial charge in [-0.05, 0) is 43.0 Å². The average molecular weight is 407 g/mol. The van der Waals surface area contributed by atoms with Gasteiger partial charge >= 0.3 is 0 Å². The van der Waals surface area contributed by atoms with Gasteiger partial charge < -0.3 is 13.9 Å². The minimum Gasteiger partial charge on any atom is -0.495 e. The normalized spacial score (nSPS) is 13.4. The van der Waals surface area contributed by atoms with Crippen molar-refractivity contribution in [2.75, 3.05) is 13.7 Å². The van der Waals surface area contributed by atoms with E-state index in [2.05, 4.69) is 33.8 Å². The van der Waals surface area contributed by atoms with E-state index in [4.69, 9.17) is 25.5 Å². The molecule has 0 fully saturated rings. The van der Waals surface area contributed by atoms with Gasteiger partial charge in [-0.1, -0.05) is 65.0 Å². The molecule has 2 aromatic rings. The molecule has 1 aromatic heterocycles. The molecule has 0 aliphatic rings. The molecule has 0 aliphatic heterocycles. The number of hydrogen-bond acceptors (Lipinski definition) is 3. The molecule has 0 N–H and O–H groups in total. The van der Waals surface area contributed by atoms with Crippen molar-refractivity contribution in [1.29, 1.82) is 0 Å². The summed E-state index contributed by atoms with van der Waals surface area (Å²) in [5.74, 6) is 4.05. The van der Waals surface area contributed by atoms with Gasteiger partial charge in [0.15, 0.2) is 0 Å². The summed E-state index contributed by atoms with van der Waals surface area (Å²) in [4.78, 5) is 0. The highest BCUT2D eigenvalue weighted by molar-refractivity contribution is 6.33. The van der Waals surface area contributed by atoms with Crippen molar-refractivity contribution in [1.82, 2.24) is 0 Å². The fraction of sp³-hybridized carbons (Fsp3) is 0.583. The molecule has 4 heteroatoms. The molecule has 2 rings (SSSR count). The summed E-state index contributed by atoms with van der Waals surface area (Å²) in [6, 6.07) is 7.97. The second kappa shape index (κ2) is 11.4. The highest BCUT2D eigenvalue weighted by Gasteiger charge is 2.17. The highest BCUT2D eigenvalue weighted by Crippen LogP contribution is 2.40. The van der Waals surface area contributed by atoms with Gasteiger partial charge in [0.2, 0.25) is 0 Å². The quantitative estimate of drug-likeness (QED) is 0.356. The van der Waals surface area contributed by atoms with Gasteiger partial charge in [-0.15, -0.1) is 0 Å². The Hall–Kier alpha value is -1.61. The number of furan rings is 1. The second-order valence-electron chi connectivity index (χ2n) is 7.61. The smallest absolute Gasteiger partial charge is 0.142 e. The molecule has 1 aromatic carbocycles. The van der Waals surface area contributed by atoms with Crippen LogP contribution in [0.25, 0.3) is 11.3 Å². The maximum atomic E-state index is 6.50. The van der Waals surface area contributed by atoms with Gasteiger partial charge in [0.05, 0.1) is 13.7 Å². The lowest BCUT2D eigenvalue weighted by molar-refractivity contribution is 0.234. The monoisotopic (exact) mass is 406 g/mol. The fourth-order valence-electron chi connectivity index (χ4n) is 3.41. The third kappa shape index (κ3) is 5.94. The van der Waals surface area contributed by atoms with Crippen molar-refractivity contribution in [2.24, 2.45) is 5.92 Å². The molecule has 3 nitrogen and oxygen atoms in total. The Bertz CT molecular complexity index is 723. The van der Waals surface area contributed by atoms with Crippen molar-refractivity contribution >= 4 is 11.6 Å². The Balaban J connectivity index is 2.24. The van der Waals surface area contributed by atoms with Crippen LogP contribution in [0.4, 0.5) is 0 Å². The largest absolute Gasteiger partial charge is 0.495 e. The van der Waals surface area contributed by atoms with E-state index in [1.54, 1.807) is 7.11 Å². The van der Waals surface area contributed by atoms with E-state index in [0.717, 1.165) is 42.8 Å². The number of benzene rings is 1. The number of hydrogen-bond donors (Lipinski definition) is 0. The van der Waals surface area contributed by atoms with E-state index < -0.39 is 0 Å². The van der Waals surface area contributed by atoms with Crippen LogP contribution < -0.4 is 9.47 Å². The number of methoxy groups -OCH3 is 1. The Labute approximate surface area is 175 Å².